The SMILES string of the molecule is C=C(C)c1ccc(N(C(=C)C)C2CCCCC2)c(C)c1. The highest BCUT2D eigenvalue weighted by Gasteiger charge is 2.23. The average Bonchev–Trinajstić information content (AvgIpc) is 2.41. The number of rotatable bonds is 4. The van der Waals surface area contributed by atoms with E-state index in [1.54, 1.807) is 0 Å². The molecule has 0 amide bonds. The second-order valence-corrected chi connectivity index (χ2v) is 6.18. The predicted molar refractivity (Wildman–Crippen MR) is 90.1 cm³/mol. The summed E-state index contributed by atoms with van der Waals surface area (Å²) < 4.78 is 0. The van der Waals surface area contributed by atoms with Crippen LogP contribution in [0.2, 0.25) is 0 Å². The molecule has 1 aromatic rings. The first-order valence-corrected chi connectivity index (χ1v) is 7.72. The minimum atomic E-state index is 0.621. The van der Waals surface area contributed by atoms with Crippen LogP contribution in [0.15, 0.2) is 37.1 Å². The van der Waals surface area contributed by atoms with E-state index in [1.807, 2.05) is 0 Å². The molecule has 1 saturated carbocycles. The van der Waals surface area contributed by atoms with Gasteiger partial charge in [-0.05, 0) is 56.9 Å². The Labute approximate surface area is 124 Å². The Hall–Kier alpha value is -1.50. The van der Waals surface area contributed by atoms with Gasteiger partial charge in [0.25, 0.3) is 0 Å². The van der Waals surface area contributed by atoms with Crippen LogP contribution in [0.5, 0.6) is 0 Å². The highest BCUT2D eigenvalue weighted by atomic mass is 15.2. The molecule has 1 nitrogen and oxygen atoms in total. The zero-order valence-corrected chi connectivity index (χ0v) is 13.2. The summed E-state index contributed by atoms with van der Waals surface area (Å²) in [5.74, 6) is 0. The van der Waals surface area contributed by atoms with Crippen molar-refractivity contribution < 1.29 is 0 Å². The number of anilines is 1. The van der Waals surface area contributed by atoms with Crippen molar-refractivity contribution in [3.05, 3.63) is 48.2 Å². The van der Waals surface area contributed by atoms with Gasteiger partial charge in [0.1, 0.15) is 0 Å². The normalized spacial score (nSPS) is 15.9. The quantitative estimate of drug-likeness (QED) is 0.677. The zero-order chi connectivity index (χ0) is 14.7. The van der Waals surface area contributed by atoms with Gasteiger partial charge in [0.2, 0.25) is 0 Å². The van der Waals surface area contributed by atoms with E-state index in [4.69, 9.17) is 0 Å². The van der Waals surface area contributed by atoms with E-state index in [0.717, 1.165) is 11.3 Å². The van der Waals surface area contributed by atoms with E-state index in [-0.39, 0.29) is 0 Å². The molecule has 0 spiro atoms. The van der Waals surface area contributed by atoms with E-state index in [9.17, 15) is 0 Å². The van der Waals surface area contributed by atoms with Crippen LogP contribution < -0.4 is 4.90 Å². The molecule has 0 saturated heterocycles. The van der Waals surface area contributed by atoms with Gasteiger partial charge in [0, 0.05) is 17.4 Å². The summed E-state index contributed by atoms with van der Waals surface area (Å²) in [5.41, 5.74) is 6.15. The van der Waals surface area contributed by atoms with Crippen LogP contribution >= 0.6 is 0 Å². The van der Waals surface area contributed by atoms with E-state index >= 15 is 0 Å². The first-order chi connectivity index (χ1) is 9.50. The number of nitrogens with zero attached hydrogens (tertiary/aromatic N) is 1. The second kappa shape index (κ2) is 6.30. The van der Waals surface area contributed by atoms with Crippen LogP contribution in [0.1, 0.15) is 57.1 Å². The first-order valence-electron chi connectivity index (χ1n) is 7.72. The highest BCUT2D eigenvalue weighted by molar-refractivity contribution is 5.67. The Bertz CT molecular complexity index is 506. The lowest BCUT2D eigenvalue weighted by Crippen LogP contribution is -2.35. The fourth-order valence-electron chi connectivity index (χ4n) is 3.24. The van der Waals surface area contributed by atoms with Gasteiger partial charge in [-0.25, -0.2) is 0 Å². The van der Waals surface area contributed by atoms with E-state index in [1.165, 1.54) is 48.9 Å². The van der Waals surface area contributed by atoms with Gasteiger partial charge in [0.05, 0.1) is 0 Å². The molecule has 0 aliphatic heterocycles. The van der Waals surface area contributed by atoms with Crippen molar-refractivity contribution >= 4 is 11.3 Å². The molecule has 0 radical (unpaired) electrons. The first kappa shape index (κ1) is 14.9. The van der Waals surface area contributed by atoms with Crippen molar-refractivity contribution in [2.45, 2.75) is 58.9 Å². The summed E-state index contributed by atoms with van der Waals surface area (Å²) in [7, 11) is 0. The van der Waals surface area contributed by atoms with Crippen LogP contribution in [-0.4, -0.2) is 6.04 Å². The third kappa shape index (κ3) is 3.15. The van der Waals surface area contributed by atoms with Gasteiger partial charge in [-0.15, -0.1) is 0 Å². The van der Waals surface area contributed by atoms with Gasteiger partial charge in [-0.3, -0.25) is 0 Å². The molecule has 1 aliphatic rings. The maximum Gasteiger partial charge on any atom is 0.0440 e. The number of hydrogen-bond acceptors (Lipinski definition) is 1. The Morgan fingerprint density at radius 2 is 1.75 bits per heavy atom. The standard InChI is InChI=1S/C19H27N/c1-14(2)17-11-12-19(16(5)13-17)20(15(3)4)18-9-7-6-8-10-18/h11-13,18H,1,3,6-10H2,2,4-5H3. The van der Waals surface area contributed by atoms with Crippen LogP contribution in [0.4, 0.5) is 5.69 Å². The molecular formula is C19H27N. The minimum absolute atomic E-state index is 0.621. The summed E-state index contributed by atoms with van der Waals surface area (Å²) in [4.78, 5) is 2.46. The van der Waals surface area contributed by atoms with Crippen LogP contribution in [0, 0.1) is 6.92 Å². The summed E-state index contributed by atoms with van der Waals surface area (Å²) in [6.07, 6.45) is 6.64. The maximum atomic E-state index is 4.21. The van der Waals surface area contributed by atoms with Gasteiger partial charge >= 0.3 is 0 Å². The van der Waals surface area contributed by atoms with E-state index in [2.05, 4.69) is 57.0 Å². The van der Waals surface area contributed by atoms with Crippen molar-refractivity contribution in [2.24, 2.45) is 0 Å². The van der Waals surface area contributed by atoms with E-state index < -0.39 is 0 Å². The third-order valence-corrected chi connectivity index (χ3v) is 4.30. The third-order valence-electron chi connectivity index (χ3n) is 4.30. The molecule has 0 atom stereocenters. The number of aryl methyl sites for hydroxylation is 1. The minimum Gasteiger partial charge on any atom is -0.343 e. The average molecular weight is 269 g/mol. The Morgan fingerprint density at radius 3 is 2.25 bits per heavy atom. The van der Waals surface area contributed by atoms with Gasteiger partial charge < -0.3 is 4.90 Å². The molecule has 0 N–H and O–H groups in total. The lowest BCUT2D eigenvalue weighted by molar-refractivity contribution is 0.429. The van der Waals surface area contributed by atoms with Gasteiger partial charge in [-0.1, -0.05) is 44.1 Å². The predicted octanol–water partition coefficient (Wildman–Crippen LogP) is 5.70. The summed E-state index contributed by atoms with van der Waals surface area (Å²) >= 11 is 0. The summed E-state index contributed by atoms with van der Waals surface area (Å²) in [6, 6.07) is 7.29. The molecule has 1 aliphatic carbocycles. The number of hydrogen-bond donors (Lipinski definition) is 0. The molecular weight excluding hydrogens is 242 g/mol. The Balaban J connectivity index is 2.34. The van der Waals surface area contributed by atoms with E-state index in [0.29, 0.717) is 6.04 Å². The highest BCUT2D eigenvalue weighted by Crippen LogP contribution is 2.33. The molecule has 1 aromatic carbocycles. The van der Waals surface area contributed by atoms with Crippen LogP contribution in [0.25, 0.3) is 5.57 Å². The molecule has 1 fully saturated rings. The molecule has 108 valence electrons. The zero-order valence-electron chi connectivity index (χ0n) is 13.2. The number of benzene rings is 1. The van der Waals surface area contributed by atoms with Crippen molar-refractivity contribution in [3.63, 3.8) is 0 Å². The second-order valence-electron chi connectivity index (χ2n) is 6.18. The molecule has 20 heavy (non-hydrogen) atoms. The van der Waals surface area contributed by atoms with Crippen molar-refractivity contribution in [1.29, 1.82) is 0 Å². The smallest absolute Gasteiger partial charge is 0.0440 e. The largest absolute Gasteiger partial charge is 0.343 e. The fourth-order valence-corrected chi connectivity index (χ4v) is 3.24. The van der Waals surface area contributed by atoms with Crippen molar-refractivity contribution in [1.82, 2.24) is 0 Å². The maximum absolute atomic E-state index is 4.21. The summed E-state index contributed by atoms with van der Waals surface area (Å²) in [5, 5.41) is 0. The van der Waals surface area contributed by atoms with Crippen molar-refractivity contribution in [3.8, 4) is 0 Å². The van der Waals surface area contributed by atoms with Gasteiger partial charge in [-0.2, -0.15) is 0 Å². The van der Waals surface area contributed by atoms with Crippen LogP contribution in [-0.2, 0) is 0 Å². The van der Waals surface area contributed by atoms with Crippen molar-refractivity contribution in [2.75, 3.05) is 4.90 Å². The number of allylic oxidation sites excluding steroid dienone is 2. The molecule has 0 unspecified atom stereocenters. The molecule has 0 heterocycles. The lowest BCUT2D eigenvalue weighted by Gasteiger charge is -2.37. The molecule has 1 heteroatoms. The van der Waals surface area contributed by atoms with Gasteiger partial charge in [0.15, 0.2) is 0 Å². The molecule has 0 aromatic heterocycles. The molecule has 0 bridgehead atoms. The Morgan fingerprint density at radius 1 is 1.10 bits per heavy atom. The summed E-state index contributed by atoms with van der Waals surface area (Å²) in [6.45, 7) is 14.6. The Kier molecular flexibility index (Phi) is 4.69. The molecule has 2 rings (SSSR count). The van der Waals surface area contributed by atoms with Crippen LogP contribution in [0.3, 0.4) is 0 Å². The fraction of sp³-hybridized carbons (Fsp3) is 0.474. The topological polar surface area (TPSA) is 3.24 Å². The monoisotopic (exact) mass is 269 g/mol. The lowest BCUT2D eigenvalue weighted by atomic mass is 9.92.